The van der Waals surface area contributed by atoms with Crippen molar-refractivity contribution in [2.24, 2.45) is 5.92 Å². The van der Waals surface area contributed by atoms with Gasteiger partial charge in [0.2, 0.25) is 0 Å². The average molecular weight is 176 g/mol. The zero-order valence-electron chi connectivity index (χ0n) is 7.29. The van der Waals surface area contributed by atoms with Crippen LogP contribution in [0.2, 0.25) is 0 Å². The molecule has 0 spiro atoms. The van der Waals surface area contributed by atoms with E-state index in [0.29, 0.717) is 5.69 Å². The summed E-state index contributed by atoms with van der Waals surface area (Å²) in [6, 6.07) is 7.10. The quantitative estimate of drug-likeness (QED) is 0.514. The Bertz CT molecular complexity index is 314. The number of rotatable bonds is 2. The van der Waals surface area contributed by atoms with Crippen LogP contribution in [0.15, 0.2) is 24.3 Å². The van der Waals surface area contributed by atoms with E-state index in [-0.39, 0.29) is 11.7 Å². The molecule has 1 fully saturated rings. The number of Topliss-reactive ketones (excluding diaryl/α,β-unsaturated/α-hetero) is 1. The fourth-order valence-corrected chi connectivity index (χ4v) is 1.36. The minimum Gasteiger partial charge on any atom is -0.399 e. The lowest BCUT2D eigenvalue weighted by atomic mass is 9.93. The van der Waals surface area contributed by atoms with Gasteiger partial charge >= 0.3 is 0 Å². The first-order chi connectivity index (χ1) is 6.27. The second kappa shape index (κ2) is 3.18. The molecule has 0 bridgehead atoms. The molecule has 13 heavy (non-hydrogen) atoms. The van der Waals surface area contributed by atoms with Gasteiger partial charge in [0, 0.05) is 30.3 Å². The lowest BCUT2D eigenvalue weighted by Gasteiger charge is -2.25. The van der Waals surface area contributed by atoms with Crippen LogP contribution in [0.4, 0.5) is 5.69 Å². The lowest BCUT2D eigenvalue weighted by molar-refractivity contribution is 0.0878. The van der Waals surface area contributed by atoms with Gasteiger partial charge < -0.3 is 11.1 Å². The van der Waals surface area contributed by atoms with Gasteiger partial charge in [0.05, 0.1) is 0 Å². The van der Waals surface area contributed by atoms with Crippen LogP contribution in [-0.2, 0) is 0 Å². The standard InChI is InChI=1S/C10H12N2O/c11-9-3-1-7(2-4-9)10(13)8-5-12-6-8/h1-4,8,12H,5-6,11H2. The highest BCUT2D eigenvalue weighted by Gasteiger charge is 2.25. The van der Waals surface area contributed by atoms with Crippen LogP contribution in [0, 0.1) is 5.92 Å². The Morgan fingerprint density at radius 3 is 2.38 bits per heavy atom. The molecular formula is C10H12N2O. The summed E-state index contributed by atoms with van der Waals surface area (Å²) in [4.78, 5) is 11.7. The SMILES string of the molecule is Nc1ccc(C(=O)C2CNC2)cc1. The highest BCUT2D eigenvalue weighted by Crippen LogP contribution is 2.14. The molecule has 0 amide bonds. The van der Waals surface area contributed by atoms with Crippen LogP contribution in [-0.4, -0.2) is 18.9 Å². The number of ketones is 1. The Balaban J connectivity index is 2.15. The van der Waals surface area contributed by atoms with E-state index in [1.54, 1.807) is 24.3 Å². The number of anilines is 1. The first kappa shape index (κ1) is 8.26. The van der Waals surface area contributed by atoms with E-state index in [2.05, 4.69) is 5.32 Å². The molecule has 2 rings (SSSR count). The van der Waals surface area contributed by atoms with E-state index in [9.17, 15) is 4.79 Å². The van der Waals surface area contributed by atoms with Crippen molar-refractivity contribution in [2.75, 3.05) is 18.8 Å². The normalized spacial score (nSPS) is 16.6. The maximum absolute atomic E-state index is 11.7. The van der Waals surface area contributed by atoms with E-state index in [0.717, 1.165) is 18.7 Å². The van der Waals surface area contributed by atoms with Crippen LogP contribution in [0.1, 0.15) is 10.4 Å². The van der Waals surface area contributed by atoms with Gasteiger partial charge in [-0.15, -0.1) is 0 Å². The van der Waals surface area contributed by atoms with E-state index in [4.69, 9.17) is 5.73 Å². The smallest absolute Gasteiger partial charge is 0.168 e. The molecule has 68 valence electrons. The zero-order valence-corrected chi connectivity index (χ0v) is 7.29. The second-order valence-electron chi connectivity index (χ2n) is 3.34. The Labute approximate surface area is 76.9 Å². The third kappa shape index (κ3) is 1.55. The predicted octanol–water partition coefficient (Wildman–Crippen LogP) is 0.671. The molecule has 0 aromatic heterocycles. The lowest BCUT2D eigenvalue weighted by Crippen LogP contribution is -2.46. The van der Waals surface area contributed by atoms with Crippen LogP contribution in [0.3, 0.4) is 0 Å². The van der Waals surface area contributed by atoms with Gasteiger partial charge in [0.1, 0.15) is 0 Å². The van der Waals surface area contributed by atoms with Crippen LogP contribution >= 0.6 is 0 Å². The summed E-state index contributed by atoms with van der Waals surface area (Å²) in [5, 5.41) is 3.08. The number of nitrogens with one attached hydrogen (secondary N) is 1. The van der Waals surface area contributed by atoms with E-state index in [1.165, 1.54) is 0 Å². The van der Waals surface area contributed by atoms with Crippen molar-refractivity contribution in [3.63, 3.8) is 0 Å². The van der Waals surface area contributed by atoms with Gasteiger partial charge in [-0.05, 0) is 24.3 Å². The van der Waals surface area contributed by atoms with Crippen molar-refractivity contribution in [3.05, 3.63) is 29.8 Å². The Morgan fingerprint density at radius 1 is 1.31 bits per heavy atom. The van der Waals surface area contributed by atoms with Crippen molar-refractivity contribution >= 4 is 11.5 Å². The fraction of sp³-hybridized carbons (Fsp3) is 0.300. The molecule has 0 aliphatic carbocycles. The molecule has 0 saturated carbocycles. The summed E-state index contributed by atoms with van der Waals surface area (Å²) >= 11 is 0. The molecule has 1 aliphatic rings. The summed E-state index contributed by atoms with van der Waals surface area (Å²) in [5.74, 6) is 0.391. The maximum Gasteiger partial charge on any atom is 0.168 e. The summed E-state index contributed by atoms with van der Waals surface area (Å²) in [5.41, 5.74) is 6.99. The highest BCUT2D eigenvalue weighted by atomic mass is 16.1. The molecule has 3 heteroatoms. The molecule has 0 atom stereocenters. The minimum absolute atomic E-state index is 0.170. The predicted molar refractivity (Wildman–Crippen MR) is 51.5 cm³/mol. The second-order valence-corrected chi connectivity index (χ2v) is 3.34. The molecule has 1 aromatic rings. The van der Waals surface area contributed by atoms with Gasteiger partial charge in [-0.3, -0.25) is 4.79 Å². The number of carbonyl (C=O) groups excluding carboxylic acids is 1. The largest absolute Gasteiger partial charge is 0.399 e. The van der Waals surface area contributed by atoms with Crippen molar-refractivity contribution in [2.45, 2.75) is 0 Å². The zero-order chi connectivity index (χ0) is 9.26. The third-order valence-corrected chi connectivity index (χ3v) is 2.35. The molecule has 1 aliphatic heterocycles. The summed E-state index contributed by atoms with van der Waals surface area (Å²) in [6.45, 7) is 1.62. The summed E-state index contributed by atoms with van der Waals surface area (Å²) in [7, 11) is 0. The van der Waals surface area contributed by atoms with Crippen molar-refractivity contribution < 1.29 is 4.79 Å². The maximum atomic E-state index is 11.7. The third-order valence-electron chi connectivity index (χ3n) is 2.35. The molecule has 0 unspecified atom stereocenters. The first-order valence-corrected chi connectivity index (χ1v) is 4.38. The van der Waals surface area contributed by atoms with Crippen molar-refractivity contribution in [3.8, 4) is 0 Å². The summed E-state index contributed by atoms with van der Waals surface area (Å²) in [6.07, 6.45) is 0. The number of carbonyl (C=O) groups is 1. The van der Waals surface area contributed by atoms with Gasteiger partial charge in [-0.25, -0.2) is 0 Å². The number of benzene rings is 1. The van der Waals surface area contributed by atoms with Crippen LogP contribution in [0.25, 0.3) is 0 Å². The Hall–Kier alpha value is -1.35. The van der Waals surface area contributed by atoms with E-state index >= 15 is 0 Å². The van der Waals surface area contributed by atoms with Gasteiger partial charge in [-0.2, -0.15) is 0 Å². The fourth-order valence-electron chi connectivity index (χ4n) is 1.36. The number of hydrogen-bond donors (Lipinski definition) is 2. The molecule has 3 N–H and O–H groups in total. The Kier molecular flexibility index (Phi) is 2.02. The van der Waals surface area contributed by atoms with Crippen molar-refractivity contribution in [1.82, 2.24) is 5.32 Å². The average Bonchev–Trinajstić information content (AvgIpc) is 2.02. The van der Waals surface area contributed by atoms with Gasteiger partial charge in [0.15, 0.2) is 5.78 Å². The summed E-state index contributed by atoms with van der Waals surface area (Å²) < 4.78 is 0. The highest BCUT2D eigenvalue weighted by molar-refractivity contribution is 5.98. The van der Waals surface area contributed by atoms with Crippen molar-refractivity contribution in [1.29, 1.82) is 0 Å². The molecule has 0 radical (unpaired) electrons. The number of hydrogen-bond acceptors (Lipinski definition) is 3. The molecule has 1 aromatic carbocycles. The first-order valence-electron chi connectivity index (χ1n) is 4.38. The molecular weight excluding hydrogens is 164 g/mol. The van der Waals surface area contributed by atoms with Gasteiger partial charge in [0.25, 0.3) is 0 Å². The number of nitrogens with two attached hydrogens (primary N) is 1. The number of nitrogen functional groups attached to an aromatic ring is 1. The van der Waals surface area contributed by atoms with E-state index in [1.807, 2.05) is 0 Å². The van der Waals surface area contributed by atoms with Crippen LogP contribution in [0.5, 0.6) is 0 Å². The molecule has 3 nitrogen and oxygen atoms in total. The topological polar surface area (TPSA) is 55.1 Å². The monoisotopic (exact) mass is 176 g/mol. The van der Waals surface area contributed by atoms with Gasteiger partial charge in [-0.1, -0.05) is 0 Å². The Morgan fingerprint density at radius 2 is 1.92 bits per heavy atom. The molecule has 1 heterocycles. The van der Waals surface area contributed by atoms with Crippen LogP contribution < -0.4 is 11.1 Å². The van der Waals surface area contributed by atoms with E-state index < -0.39 is 0 Å². The minimum atomic E-state index is 0.170. The molecule has 1 saturated heterocycles.